The Morgan fingerprint density at radius 3 is 2.13 bits per heavy atom. The van der Waals surface area contributed by atoms with Crippen molar-refractivity contribution in [2.24, 2.45) is 5.73 Å². The van der Waals surface area contributed by atoms with Crippen LogP contribution in [0, 0.1) is 0 Å². The molecule has 164 valence electrons. The molecule has 0 saturated heterocycles. The third kappa shape index (κ3) is 6.55. The fourth-order valence-electron chi connectivity index (χ4n) is 2.87. The molecule has 0 aliphatic heterocycles. The first-order valence-corrected chi connectivity index (χ1v) is 9.51. The highest BCUT2D eigenvalue weighted by atomic mass is 19.4. The van der Waals surface area contributed by atoms with Crippen molar-refractivity contribution >= 4 is 5.78 Å². The number of nitrogens with two attached hydrogens (primary N) is 1. The average molecular weight is 425 g/mol. The predicted octanol–water partition coefficient (Wildman–Crippen LogP) is 3.14. The number of hydrogen-bond donors (Lipinski definition) is 3. The quantitative estimate of drug-likeness (QED) is 0.509. The van der Waals surface area contributed by atoms with E-state index in [1.807, 2.05) is 0 Å². The minimum Gasteiger partial charge on any atom is -0.493 e. The van der Waals surface area contributed by atoms with Gasteiger partial charge in [-0.1, -0.05) is 30.3 Å². The molecular formula is C22H26F3NO4. The molecule has 0 spiro atoms. The molecule has 4 N–H and O–H groups in total. The van der Waals surface area contributed by atoms with E-state index in [0.29, 0.717) is 17.5 Å². The number of aliphatic hydroxyl groups excluding tert-OH is 2. The van der Waals surface area contributed by atoms with E-state index in [1.165, 1.54) is 19.1 Å². The molecule has 0 heterocycles. The highest BCUT2D eigenvalue weighted by Crippen LogP contribution is 2.37. The van der Waals surface area contributed by atoms with Crippen LogP contribution in [0.15, 0.2) is 42.5 Å². The SMILES string of the molecule is CC(=O)c1ccc(CCOc2ccc(CCC(N)(CO)CO)cc2C(F)(F)F)cc1. The average Bonchev–Trinajstić information content (AvgIpc) is 2.72. The van der Waals surface area contributed by atoms with Crippen LogP contribution in [0.2, 0.25) is 0 Å². The number of rotatable bonds is 10. The van der Waals surface area contributed by atoms with Crippen LogP contribution in [-0.4, -0.2) is 41.4 Å². The second-order valence-corrected chi connectivity index (χ2v) is 7.36. The highest BCUT2D eigenvalue weighted by molar-refractivity contribution is 5.93. The minimum absolute atomic E-state index is 0.0444. The van der Waals surface area contributed by atoms with E-state index < -0.39 is 30.5 Å². The number of ether oxygens (including phenoxy) is 1. The van der Waals surface area contributed by atoms with Crippen molar-refractivity contribution in [3.8, 4) is 5.75 Å². The molecule has 0 saturated carbocycles. The summed E-state index contributed by atoms with van der Waals surface area (Å²) in [5.41, 5.74) is 5.44. The molecule has 2 aromatic carbocycles. The summed E-state index contributed by atoms with van der Waals surface area (Å²) in [6.45, 7) is 0.568. The molecule has 0 atom stereocenters. The predicted molar refractivity (Wildman–Crippen MR) is 107 cm³/mol. The van der Waals surface area contributed by atoms with Crippen molar-refractivity contribution in [3.63, 3.8) is 0 Å². The van der Waals surface area contributed by atoms with Crippen molar-refractivity contribution in [2.75, 3.05) is 19.8 Å². The number of carbonyl (C=O) groups excluding carboxylic acids is 1. The van der Waals surface area contributed by atoms with Gasteiger partial charge in [-0.05, 0) is 43.0 Å². The van der Waals surface area contributed by atoms with Gasteiger partial charge in [0.1, 0.15) is 5.75 Å². The standard InChI is InChI=1S/C22H26F3NO4/c1-15(29)18-5-2-16(3-6-18)9-11-30-20-7-4-17(12-19(20)22(23,24)25)8-10-21(26,13-27)14-28/h2-7,12,27-28H,8-11,13-14,26H2,1H3. The number of benzene rings is 2. The van der Waals surface area contributed by atoms with Crippen LogP contribution in [0.25, 0.3) is 0 Å². The van der Waals surface area contributed by atoms with E-state index in [-0.39, 0.29) is 31.0 Å². The number of hydrogen-bond acceptors (Lipinski definition) is 5. The Labute approximate surface area is 173 Å². The van der Waals surface area contributed by atoms with Crippen molar-refractivity contribution in [1.29, 1.82) is 0 Å². The molecule has 0 aromatic heterocycles. The molecule has 0 bridgehead atoms. The van der Waals surface area contributed by atoms with E-state index >= 15 is 0 Å². The van der Waals surface area contributed by atoms with Gasteiger partial charge in [0.25, 0.3) is 0 Å². The molecular weight excluding hydrogens is 399 g/mol. The van der Waals surface area contributed by atoms with Crippen LogP contribution in [0.5, 0.6) is 5.75 Å². The van der Waals surface area contributed by atoms with Gasteiger partial charge in [-0.25, -0.2) is 0 Å². The van der Waals surface area contributed by atoms with Crippen LogP contribution in [0.3, 0.4) is 0 Å². The van der Waals surface area contributed by atoms with Crippen LogP contribution < -0.4 is 10.5 Å². The third-order valence-electron chi connectivity index (χ3n) is 4.90. The molecule has 0 aliphatic carbocycles. The fraction of sp³-hybridized carbons (Fsp3) is 0.409. The molecule has 30 heavy (non-hydrogen) atoms. The lowest BCUT2D eigenvalue weighted by atomic mass is 9.93. The van der Waals surface area contributed by atoms with Crippen LogP contribution in [0.4, 0.5) is 13.2 Å². The normalized spacial score (nSPS) is 12.1. The van der Waals surface area contributed by atoms with Crippen LogP contribution >= 0.6 is 0 Å². The summed E-state index contributed by atoms with van der Waals surface area (Å²) in [7, 11) is 0. The van der Waals surface area contributed by atoms with E-state index in [2.05, 4.69) is 0 Å². The van der Waals surface area contributed by atoms with Gasteiger partial charge in [0.2, 0.25) is 0 Å². The Hall–Kier alpha value is -2.42. The molecule has 0 amide bonds. The number of ketones is 1. The zero-order chi connectivity index (χ0) is 22.4. The van der Waals surface area contributed by atoms with Gasteiger partial charge in [-0.2, -0.15) is 13.2 Å². The molecule has 5 nitrogen and oxygen atoms in total. The first kappa shape index (κ1) is 23.9. The first-order chi connectivity index (χ1) is 14.1. The van der Waals surface area contributed by atoms with Crippen molar-refractivity contribution in [3.05, 3.63) is 64.7 Å². The van der Waals surface area contributed by atoms with Gasteiger partial charge >= 0.3 is 6.18 Å². The summed E-state index contributed by atoms with van der Waals surface area (Å²) in [6.07, 6.45) is -3.90. The monoisotopic (exact) mass is 425 g/mol. The van der Waals surface area contributed by atoms with Crippen molar-refractivity contribution < 1.29 is 32.9 Å². The van der Waals surface area contributed by atoms with Gasteiger partial charge in [0.05, 0.1) is 30.9 Å². The van der Waals surface area contributed by atoms with Crippen molar-refractivity contribution in [1.82, 2.24) is 0 Å². The Morgan fingerprint density at radius 2 is 1.60 bits per heavy atom. The van der Waals surface area contributed by atoms with E-state index in [4.69, 9.17) is 10.5 Å². The van der Waals surface area contributed by atoms with Gasteiger partial charge in [0, 0.05) is 12.0 Å². The van der Waals surface area contributed by atoms with E-state index in [9.17, 15) is 28.2 Å². The molecule has 2 rings (SSSR count). The summed E-state index contributed by atoms with van der Waals surface area (Å²) in [5.74, 6) is -0.326. The largest absolute Gasteiger partial charge is 0.493 e. The third-order valence-corrected chi connectivity index (χ3v) is 4.90. The van der Waals surface area contributed by atoms with Gasteiger partial charge < -0.3 is 20.7 Å². The Balaban J connectivity index is 2.07. The van der Waals surface area contributed by atoms with E-state index in [1.54, 1.807) is 24.3 Å². The number of carbonyl (C=O) groups is 1. The molecule has 0 radical (unpaired) electrons. The summed E-state index contributed by atoms with van der Waals surface area (Å²) in [6, 6.07) is 10.6. The van der Waals surface area contributed by atoms with Gasteiger partial charge in [-0.3, -0.25) is 4.79 Å². The zero-order valence-corrected chi connectivity index (χ0v) is 16.7. The Morgan fingerprint density at radius 1 is 1.00 bits per heavy atom. The second kappa shape index (κ2) is 10.1. The first-order valence-electron chi connectivity index (χ1n) is 9.51. The van der Waals surface area contributed by atoms with Crippen molar-refractivity contribution in [2.45, 2.75) is 37.9 Å². The smallest absolute Gasteiger partial charge is 0.419 e. The maximum absolute atomic E-state index is 13.5. The lowest BCUT2D eigenvalue weighted by molar-refractivity contribution is -0.139. The minimum atomic E-state index is -4.60. The molecule has 0 aliphatic rings. The Bertz CT molecular complexity index is 846. The van der Waals surface area contributed by atoms with E-state index in [0.717, 1.165) is 11.6 Å². The van der Waals surface area contributed by atoms with Gasteiger partial charge in [0.15, 0.2) is 5.78 Å². The summed E-state index contributed by atoms with van der Waals surface area (Å²) >= 11 is 0. The fourth-order valence-corrected chi connectivity index (χ4v) is 2.87. The summed E-state index contributed by atoms with van der Waals surface area (Å²) < 4.78 is 45.9. The lowest BCUT2D eigenvalue weighted by Crippen LogP contribution is -2.47. The number of aryl methyl sites for hydroxylation is 1. The van der Waals surface area contributed by atoms with Gasteiger partial charge in [-0.15, -0.1) is 0 Å². The molecule has 8 heteroatoms. The number of halogens is 3. The number of Topliss-reactive ketones (excluding diaryl/α,β-unsaturated/α-hetero) is 1. The summed E-state index contributed by atoms with van der Waals surface area (Å²) in [4.78, 5) is 11.3. The highest BCUT2D eigenvalue weighted by Gasteiger charge is 2.35. The second-order valence-electron chi connectivity index (χ2n) is 7.36. The Kier molecular flexibility index (Phi) is 8.00. The zero-order valence-electron chi connectivity index (χ0n) is 16.7. The molecule has 0 unspecified atom stereocenters. The summed E-state index contributed by atoms with van der Waals surface area (Å²) in [5, 5.41) is 18.4. The number of alkyl halides is 3. The van der Waals surface area contributed by atoms with Crippen LogP contribution in [0.1, 0.15) is 40.4 Å². The lowest BCUT2D eigenvalue weighted by Gasteiger charge is -2.24. The molecule has 0 fully saturated rings. The number of aliphatic hydroxyl groups is 2. The van der Waals surface area contributed by atoms with Crippen LogP contribution in [-0.2, 0) is 19.0 Å². The maximum Gasteiger partial charge on any atom is 0.419 e. The molecule has 2 aromatic rings. The maximum atomic E-state index is 13.5. The topological polar surface area (TPSA) is 92.8 Å².